The predicted molar refractivity (Wildman–Crippen MR) is 92.6 cm³/mol. The number of halogens is 1. The minimum Gasteiger partial charge on any atom is -0.497 e. The van der Waals surface area contributed by atoms with Gasteiger partial charge in [0.1, 0.15) is 5.75 Å². The molecule has 2 amide bonds. The molecule has 2 N–H and O–H groups in total. The fourth-order valence-electron chi connectivity index (χ4n) is 2.04. The van der Waals surface area contributed by atoms with Crippen molar-refractivity contribution in [2.45, 2.75) is 13.3 Å². The molecule has 2 aromatic carbocycles. The van der Waals surface area contributed by atoms with Crippen molar-refractivity contribution >= 4 is 27.6 Å². The summed E-state index contributed by atoms with van der Waals surface area (Å²) in [6.45, 7) is 2.56. The standard InChI is InChI=1S/C17H19BrN2O2/c1-12-6-7-16(15(18)10-12)20-17(21)19-9-8-13-4-3-5-14(11-13)22-2/h3-7,10-11H,8-9H2,1-2H3,(H2,19,20,21). The molecular formula is C17H19BrN2O2. The minimum atomic E-state index is -0.215. The van der Waals surface area contributed by atoms with Crippen molar-refractivity contribution in [2.24, 2.45) is 0 Å². The van der Waals surface area contributed by atoms with E-state index in [0.29, 0.717) is 6.54 Å². The van der Waals surface area contributed by atoms with Crippen molar-refractivity contribution in [3.05, 3.63) is 58.1 Å². The second-order valence-corrected chi connectivity index (χ2v) is 5.82. The number of aryl methyl sites for hydroxylation is 1. The van der Waals surface area contributed by atoms with E-state index < -0.39 is 0 Å². The number of rotatable bonds is 5. The zero-order chi connectivity index (χ0) is 15.9. The molecule has 0 fully saturated rings. The van der Waals surface area contributed by atoms with Gasteiger partial charge in [-0.3, -0.25) is 0 Å². The van der Waals surface area contributed by atoms with Crippen LogP contribution in [0.5, 0.6) is 5.75 Å². The van der Waals surface area contributed by atoms with E-state index in [-0.39, 0.29) is 6.03 Å². The van der Waals surface area contributed by atoms with Crippen LogP contribution in [0, 0.1) is 6.92 Å². The number of carbonyl (C=O) groups is 1. The summed E-state index contributed by atoms with van der Waals surface area (Å²) in [7, 11) is 1.64. The Balaban J connectivity index is 1.82. The molecule has 0 aliphatic rings. The maximum absolute atomic E-state index is 11.9. The number of carbonyl (C=O) groups excluding carboxylic acids is 1. The van der Waals surface area contributed by atoms with Crippen molar-refractivity contribution in [3.63, 3.8) is 0 Å². The molecular weight excluding hydrogens is 344 g/mol. The van der Waals surface area contributed by atoms with Gasteiger partial charge in [0, 0.05) is 11.0 Å². The van der Waals surface area contributed by atoms with E-state index in [9.17, 15) is 4.79 Å². The molecule has 0 aromatic heterocycles. The van der Waals surface area contributed by atoms with Gasteiger partial charge < -0.3 is 15.4 Å². The molecule has 0 aliphatic carbocycles. The summed E-state index contributed by atoms with van der Waals surface area (Å²) in [5, 5.41) is 5.67. The fourth-order valence-corrected chi connectivity index (χ4v) is 2.63. The molecule has 0 saturated heterocycles. The number of hydrogen-bond donors (Lipinski definition) is 2. The van der Waals surface area contributed by atoms with Crippen molar-refractivity contribution < 1.29 is 9.53 Å². The lowest BCUT2D eigenvalue weighted by atomic mass is 10.1. The minimum absolute atomic E-state index is 0.215. The summed E-state index contributed by atoms with van der Waals surface area (Å²) in [5.41, 5.74) is 3.01. The molecule has 116 valence electrons. The molecule has 0 atom stereocenters. The van der Waals surface area contributed by atoms with Gasteiger partial charge in [0.05, 0.1) is 12.8 Å². The van der Waals surface area contributed by atoms with Crippen LogP contribution in [0.1, 0.15) is 11.1 Å². The number of urea groups is 1. The highest BCUT2D eigenvalue weighted by molar-refractivity contribution is 9.10. The lowest BCUT2D eigenvalue weighted by Crippen LogP contribution is -2.30. The highest BCUT2D eigenvalue weighted by Gasteiger charge is 2.05. The van der Waals surface area contributed by atoms with Crippen molar-refractivity contribution in [3.8, 4) is 5.75 Å². The highest BCUT2D eigenvalue weighted by atomic mass is 79.9. The first-order valence-electron chi connectivity index (χ1n) is 7.02. The van der Waals surface area contributed by atoms with E-state index in [1.165, 1.54) is 0 Å². The number of anilines is 1. The van der Waals surface area contributed by atoms with Crippen LogP contribution in [0.15, 0.2) is 46.9 Å². The summed E-state index contributed by atoms with van der Waals surface area (Å²) in [6.07, 6.45) is 0.750. The molecule has 0 radical (unpaired) electrons. The topological polar surface area (TPSA) is 50.4 Å². The maximum Gasteiger partial charge on any atom is 0.319 e. The van der Waals surface area contributed by atoms with E-state index in [2.05, 4.69) is 26.6 Å². The zero-order valence-electron chi connectivity index (χ0n) is 12.7. The van der Waals surface area contributed by atoms with Gasteiger partial charge in [-0.2, -0.15) is 0 Å². The lowest BCUT2D eigenvalue weighted by molar-refractivity contribution is 0.252. The van der Waals surface area contributed by atoms with Gasteiger partial charge in [-0.1, -0.05) is 18.2 Å². The van der Waals surface area contributed by atoms with Crippen LogP contribution >= 0.6 is 15.9 Å². The monoisotopic (exact) mass is 362 g/mol. The number of ether oxygens (including phenoxy) is 1. The highest BCUT2D eigenvalue weighted by Crippen LogP contribution is 2.23. The molecule has 2 aromatic rings. The summed E-state index contributed by atoms with van der Waals surface area (Å²) < 4.78 is 6.05. The number of amides is 2. The smallest absolute Gasteiger partial charge is 0.319 e. The Morgan fingerprint density at radius 2 is 2.05 bits per heavy atom. The number of hydrogen-bond acceptors (Lipinski definition) is 2. The first-order chi connectivity index (χ1) is 10.6. The average molecular weight is 363 g/mol. The van der Waals surface area contributed by atoms with Gasteiger partial charge in [0.2, 0.25) is 0 Å². The number of benzene rings is 2. The van der Waals surface area contributed by atoms with Gasteiger partial charge >= 0.3 is 6.03 Å². The van der Waals surface area contributed by atoms with Crippen LogP contribution in [0.25, 0.3) is 0 Å². The molecule has 5 heteroatoms. The number of nitrogens with one attached hydrogen (secondary N) is 2. The quantitative estimate of drug-likeness (QED) is 0.839. The van der Waals surface area contributed by atoms with Crippen LogP contribution in [0.4, 0.5) is 10.5 Å². The molecule has 0 spiro atoms. The molecule has 0 heterocycles. The summed E-state index contributed by atoms with van der Waals surface area (Å²) >= 11 is 3.44. The Kier molecular flexibility index (Phi) is 5.83. The van der Waals surface area contributed by atoms with Crippen LogP contribution in [-0.2, 0) is 6.42 Å². The van der Waals surface area contributed by atoms with Gasteiger partial charge in [0.25, 0.3) is 0 Å². The third-order valence-electron chi connectivity index (χ3n) is 3.21. The summed E-state index contributed by atoms with van der Waals surface area (Å²) in [4.78, 5) is 11.9. The first-order valence-corrected chi connectivity index (χ1v) is 7.81. The largest absolute Gasteiger partial charge is 0.497 e. The SMILES string of the molecule is COc1cccc(CCNC(=O)Nc2ccc(C)cc2Br)c1. The fraction of sp³-hybridized carbons (Fsp3) is 0.235. The van der Waals surface area contributed by atoms with Crippen LogP contribution < -0.4 is 15.4 Å². The van der Waals surface area contributed by atoms with Gasteiger partial charge in [0.15, 0.2) is 0 Å². The molecule has 22 heavy (non-hydrogen) atoms. The third-order valence-corrected chi connectivity index (χ3v) is 3.86. The Hall–Kier alpha value is -2.01. The molecule has 0 bridgehead atoms. The Morgan fingerprint density at radius 3 is 2.77 bits per heavy atom. The first kappa shape index (κ1) is 16.4. The Bertz CT molecular complexity index is 659. The van der Waals surface area contributed by atoms with Crippen molar-refractivity contribution in [1.29, 1.82) is 0 Å². The van der Waals surface area contributed by atoms with Crippen molar-refractivity contribution in [1.82, 2.24) is 5.32 Å². The van der Waals surface area contributed by atoms with Crippen LogP contribution in [0.2, 0.25) is 0 Å². The van der Waals surface area contributed by atoms with E-state index in [1.807, 2.05) is 49.4 Å². The van der Waals surface area contributed by atoms with Gasteiger partial charge in [-0.15, -0.1) is 0 Å². The molecule has 0 saturated carbocycles. The molecule has 0 aliphatic heterocycles. The van der Waals surface area contributed by atoms with E-state index in [1.54, 1.807) is 7.11 Å². The Morgan fingerprint density at radius 1 is 1.23 bits per heavy atom. The lowest BCUT2D eigenvalue weighted by Gasteiger charge is -2.10. The van der Waals surface area contributed by atoms with Gasteiger partial charge in [-0.05, 0) is 64.7 Å². The second kappa shape index (κ2) is 7.84. The predicted octanol–water partition coefficient (Wildman–Crippen LogP) is 4.13. The third kappa shape index (κ3) is 4.77. The molecule has 4 nitrogen and oxygen atoms in total. The van der Waals surface area contributed by atoms with E-state index in [0.717, 1.165) is 33.5 Å². The Labute approximate surface area is 139 Å². The summed E-state index contributed by atoms with van der Waals surface area (Å²) in [5.74, 6) is 0.825. The van der Waals surface area contributed by atoms with E-state index in [4.69, 9.17) is 4.74 Å². The molecule has 2 rings (SSSR count). The second-order valence-electron chi connectivity index (χ2n) is 4.97. The van der Waals surface area contributed by atoms with Crippen LogP contribution in [0.3, 0.4) is 0 Å². The summed E-state index contributed by atoms with van der Waals surface area (Å²) in [6, 6.07) is 13.4. The number of methoxy groups -OCH3 is 1. The van der Waals surface area contributed by atoms with Crippen LogP contribution in [-0.4, -0.2) is 19.7 Å². The van der Waals surface area contributed by atoms with E-state index >= 15 is 0 Å². The maximum atomic E-state index is 11.9. The average Bonchev–Trinajstić information content (AvgIpc) is 2.50. The normalized spacial score (nSPS) is 10.1. The van der Waals surface area contributed by atoms with Crippen molar-refractivity contribution in [2.75, 3.05) is 19.0 Å². The molecule has 0 unspecified atom stereocenters. The van der Waals surface area contributed by atoms with Gasteiger partial charge in [-0.25, -0.2) is 4.79 Å². The zero-order valence-corrected chi connectivity index (χ0v) is 14.2.